The molecule has 0 spiro atoms. The standard InChI is InChI=1S/C28H27N2OPS/c1-28(2,3)21-14-16-22(17-15-21)29-30-26-20-25(18-19-27(26)31)32(33,23-10-6-4-7-11-23)24-12-8-5-9-13-24/h4-20,31H,1-3H3. The number of benzene rings is 4. The molecule has 0 aliphatic heterocycles. The normalized spacial score (nSPS) is 12.2. The summed E-state index contributed by atoms with van der Waals surface area (Å²) in [7, 11) is 0. The average molecular weight is 471 g/mol. The quantitative estimate of drug-likeness (QED) is 0.256. The maximum absolute atomic E-state index is 10.5. The highest BCUT2D eigenvalue weighted by Crippen LogP contribution is 2.44. The van der Waals surface area contributed by atoms with Gasteiger partial charge in [0.05, 0.1) is 5.69 Å². The van der Waals surface area contributed by atoms with Crippen molar-refractivity contribution in [3.63, 3.8) is 0 Å². The van der Waals surface area contributed by atoms with Gasteiger partial charge in [-0.2, -0.15) is 5.11 Å². The van der Waals surface area contributed by atoms with E-state index >= 15 is 0 Å². The minimum Gasteiger partial charge on any atom is -0.506 e. The fraction of sp³-hybridized carbons (Fsp3) is 0.143. The summed E-state index contributed by atoms with van der Waals surface area (Å²) < 4.78 is 0. The minimum absolute atomic E-state index is 0.0770. The Hall–Kier alpha value is -3.07. The molecule has 0 aliphatic rings. The Bertz CT molecular complexity index is 1270. The third-order valence-electron chi connectivity index (χ3n) is 5.57. The van der Waals surface area contributed by atoms with E-state index in [4.69, 9.17) is 11.8 Å². The molecule has 3 nitrogen and oxygen atoms in total. The Morgan fingerprint density at radius 3 is 1.73 bits per heavy atom. The van der Waals surface area contributed by atoms with Crippen LogP contribution in [0.2, 0.25) is 0 Å². The molecule has 33 heavy (non-hydrogen) atoms. The average Bonchev–Trinajstić information content (AvgIpc) is 2.84. The van der Waals surface area contributed by atoms with E-state index in [0.717, 1.165) is 21.6 Å². The number of phenolic OH excluding ortho intramolecular Hbond substituents is 1. The second-order valence-electron chi connectivity index (χ2n) is 8.95. The molecule has 4 aromatic carbocycles. The highest BCUT2D eigenvalue weighted by atomic mass is 32.4. The summed E-state index contributed by atoms with van der Waals surface area (Å²) in [6.45, 7) is 6.53. The number of azo groups is 1. The van der Waals surface area contributed by atoms with Crippen LogP contribution in [0.1, 0.15) is 26.3 Å². The molecule has 5 heteroatoms. The van der Waals surface area contributed by atoms with Crippen molar-refractivity contribution in [1.82, 2.24) is 0 Å². The number of hydrogen-bond donors (Lipinski definition) is 1. The summed E-state index contributed by atoms with van der Waals surface area (Å²) in [5.41, 5.74) is 2.46. The highest BCUT2D eigenvalue weighted by Gasteiger charge is 2.25. The fourth-order valence-corrected chi connectivity index (χ4v) is 7.39. The minimum atomic E-state index is -2.32. The van der Waals surface area contributed by atoms with Crippen LogP contribution >= 0.6 is 6.04 Å². The molecule has 4 rings (SSSR count). The molecule has 0 bridgehead atoms. The Labute approximate surface area is 200 Å². The zero-order chi connectivity index (χ0) is 23.5. The van der Waals surface area contributed by atoms with E-state index < -0.39 is 6.04 Å². The molecule has 0 heterocycles. The van der Waals surface area contributed by atoms with Crippen molar-refractivity contribution in [2.75, 3.05) is 0 Å². The van der Waals surface area contributed by atoms with E-state index in [-0.39, 0.29) is 11.2 Å². The van der Waals surface area contributed by atoms with Gasteiger partial charge in [0.25, 0.3) is 0 Å². The van der Waals surface area contributed by atoms with Gasteiger partial charge in [-0.15, -0.1) is 5.11 Å². The first-order valence-corrected chi connectivity index (χ1v) is 13.7. The van der Waals surface area contributed by atoms with Crippen LogP contribution in [0.25, 0.3) is 0 Å². The number of phenols is 1. The number of aromatic hydroxyl groups is 1. The van der Waals surface area contributed by atoms with Gasteiger partial charge in [-0.3, -0.25) is 0 Å². The van der Waals surface area contributed by atoms with Gasteiger partial charge in [-0.05, 0) is 57.2 Å². The van der Waals surface area contributed by atoms with Crippen LogP contribution in [0.15, 0.2) is 113 Å². The lowest BCUT2D eigenvalue weighted by molar-refractivity contribution is 0.476. The number of hydrogen-bond acceptors (Lipinski definition) is 4. The fourth-order valence-electron chi connectivity index (χ4n) is 3.65. The molecule has 0 fully saturated rings. The van der Waals surface area contributed by atoms with Crippen molar-refractivity contribution >= 4 is 45.1 Å². The Kier molecular flexibility index (Phi) is 6.60. The van der Waals surface area contributed by atoms with E-state index in [1.54, 1.807) is 6.07 Å². The first-order chi connectivity index (χ1) is 15.8. The monoisotopic (exact) mass is 470 g/mol. The third kappa shape index (κ3) is 4.98. The lowest BCUT2D eigenvalue weighted by atomic mass is 9.87. The van der Waals surface area contributed by atoms with Gasteiger partial charge in [0.1, 0.15) is 11.4 Å². The maximum Gasteiger partial charge on any atom is 0.143 e. The highest BCUT2D eigenvalue weighted by molar-refractivity contribution is 8.25. The first-order valence-electron chi connectivity index (χ1n) is 10.9. The van der Waals surface area contributed by atoms with E-state index in [1.165, 1.54) is 5.56 Å². The summed E-state index contributed by atoms with van der Waals surface area (Å²) in [5, 5.41) is 22.4. The molecule has 166 valence electrons. The van der Waals surface area contributed by atoms with E-state index in [0.29, 0.717) is 5.69 Å². The lowest BCUT2D eigenvalue weighted by Gasteiger charge is -2.24. The third-order valence-corrected chi connectivity index (χ3v) is 10.5. The number of nitrogens with zero attached hydrogens (tertiary/aromatic N) is 2. The smallest absolute Gasteiger partial charge is 0.143 e. The molecule has 0 radical (unpaired) electrons. The van der Waals surface area contributed by atoms with Crippen molar-refractivity contribution in [3.8, 4) is 5.75 Å². The van der Waals surface area contributed by atoms with Gasteiger partial charge in [0.15, 0.2) is 0 Å². The van der Waals surface area contributed by atoms with Gasteiger partial charge in [0.2, 0.25) is 0 Å². The SMILES string of the molecule is CC(C)(C)c1ccc(N=Nc2cc(P(=S)(c3ccccc3)c3ccccc3)ccc2O)cc1. The van der Waals surface area contributed by atoms with Crippen molar-refractivity contribution in [1.29, 1.82) is 0 Å². The van der Waals surface area contributed by atoms with Crippen LogP contribution in [-0.4, -0.2) is 5.11 Å². The molecule has 1 N–H and O–H groups in total. The van der Waals surface area contributed by atoms with Crippen molar-refractivity contribution in [2.45, 2.75) is 26.2 Å². The molecule has 0 aliphatic carbocycles. The molecule has 0 amide bonds. The van der Waals surface area contributed by atoms with Gasteiger partial charge in [0, 0.05) is 6.04 Å². The van der Waals surface area contributed by atoms with Gasteiger partial charge < -0.3 is 5.11 Å². The summed E-state index contributed by atoms with van der Waals surface area (Å²) in [5.74, 6) is 0.0801. The molecule has 0 unspecified atom stereocenters. The largest absolute Gasteiger partial charge is 0.506 e. The Morgan fingerprint density at radius 1 is 0.667 bits per heavy atom. The summed E-state index contributed by atoms with van der Waals surface area (Å²) in [6.07, 6.45) is 0. The molecule has 0 saturated carbocycles. The van der Waals surface area contributed by atoms with Crippen molar-refractivity contribution in [3.05, 3.63) is 109 Å². The van der Waals surface area contributed by atoms with Crippen LogP contribution < -0.4 is 15.9 Å². The molecular formula is C28H27N2OPS. The summed E-state index contributed by atoms with van der Waals surface area (Å²) >= 11 is 6.39. The van der Waals surface area contributed by atoms with Crippen LogP contribution in [0.3, 0.4) is 0 Å². The second-order valence-corrected chi connectivity index (χ2v) is 13.4. The zero-order valence-corrected chi connectivity index (χ0v) is 20.7. The molecular weight excluding hydrogens is 443 g/mol. The van der Waals surface area contributed by atoms with Crippen LogP contribution in [0.5, 0.6) is 5.75 Å². The van der Waals surface area contributed by atoms with E-state index in [2.05, 4.69) is 67.4 Å². The topological polar surface area (TPSA) is 45.0 Å². The van der Waals surface area contributed by atoms with Crippen LogP contribution in [0, 0.1) is 0 Å². The lowest BCUT2D eigenvalue weighted by Crippen LogP contribution is -2.24. The molecule has 0 atom stereocenters. The number of rotatable bonds is 5. The maximum atomic E-state index is 10.5. The van der Waals surface area contributed by atoms with Crippen LogP contribution in [0.4, 0.5) is 11.4 Å². The summed E-state index contributed by atoms with van der Waals surface area (Å²) in [4.78, 5) is 0. The Morgan fingerprint density at radius 2 is 1.21 bits per heavy atom. The molecule has 4 aromatic rings. The van der Waals surface area contributed by atoms with Crippen molar-refractivity contribution in [2.24, 2.45) is 10.2 Å². The van der Waals surface area contributed by atoms with E-state index in [9.17, 15) is 5.11 Å². The van der Waals surface area contributed by atoms with Gasteiger partial charge >= 0.3 is 0 Å². The first kappa shape index (κ1) is 23.1. The zero-order valence-electron chi connectivity index (χ0n) is 19.0. The predicted octanol–water partition coefficient (Wildman–Crippen LogP) is 6.86. The van der Waals surface area contributed by atoms with Crippen LogP contribution in [-0.2, 0) is 17.2 Å². The molecule has 0 aromatic heterocycles. The second kappa shape index (κ2) is 9.43. The predicted molar refractivity (Wildman–Crippen MR) is 143 cm³/mol. The van der Waals surface area contributed by atoms with Gasteiger partial charge in [-0.1, -0.05) is 105 Å². The Balaban J connectivity index is 1.75. The van der Waals surface area contributed by atoms with Crippen molar-refractivity contribution < 1.29 is 5.11 Å². The van der Waals surface area contributed by atoms with Gasteiger partial charge in [-0.25, -0.2) is 0 Å². The molecule has 0 saturated heterocycles. The summed E-state index contributed by atoms with van der Waals surface area (Å²) in [6, 6.07) is 31.5. The van der Waals surface area contributed by atoms with E-state index in [1.807, 2.05) is 60.7 Å².